The number of benzene rings is 8. The van der Waals surface area contributed by atoms with Crippen molar-refractivity contribution >= 4 is 44.6 Å². The third-order valence-electron chi connectivity index (χ3n) is 12.6. The second-order valence-corrected chi connectivity index (χ2v) is 17.5. The predicted octanol–water partition coefficient (Wildman–Crippen LogP) is 16.3. The normalized spacial score (nSPS) is 13.5. The van der Waals surface area contributed by atoms with Crippen LogP contribution in [0.2, 0.25) is 0 Å². The van der Waals surface area contributed by atoms with Crippen LogP contribution in [0, 0.1) is 0 Å². The van der Waals surface area contributed by atoms with Gasteiger partial charge in [-0.05, 0) is 122 Å². The van der Waals surface area contributed by atoms with Gasteiger partial charge in [0, 0.05) is 37.3 Å². The van der Waals surface area contributed by atoms with E-state index < -0.39 is 0 Å². The van der Waals surface area contributed by atoms with E-state index in [9.17, 15) is 0 Å². The Morgan fingerprint density at radius 1 is 0.458 bits per heavy atom. The Balaban J connectivity index is 1.06. The van der Waals surface area contributed by atoms with Gasteiger partial charge in [-0.25, -0.2) is 0 Å². The van der Waals surface area contributed by atoms with Gasteiger partial charge in [0.2, 0.25) is 0 Å². The molecule has 59 heavy (non-hydrogen) atoms. The topological polar surface area (TPSA) is 3.24 Å². The molecule has 11 rings (SSSR count). The van der Waals surface area contributed by atoms with E-state index in [0.29, 0.717) is 0 Å². The number of rotatable bonds is 7. The summed E-state index contributed by atoms with van der Waals surface area (Å²) in [5, 5.41) is 1.33. The van der Waals surface area contributed by atoms with Gasteiger partial charge in [0.25, 0.3) is 0 Å². The molecule has 0 N–H and O–H groups in total. The average molecular weight is 774 g/mol. The minimum atomic E-state index is -0.0467. The molecule has 2 aliphatic carbocycles. The number of nitrogens with zero attached hydrogens (tertiary/aromatic N) is 1. The van der Waals surface area contributed by atoms with Gasteiger partial charge in [-0.15, -0.1) is 11.3 Å². The number of para-hydroxylation sites is 1. The molecule has 0 unspecified atom stereocenters. The fourth-order valence-corrected chi connectivity index (χ4v) is 10.8. The number of allylic oxidation sites excluding steroid dienone is 1. The molecule has 1 aromatic heterocycles. The predicted molar refractivity (Wildman–Crippen MR) is 253 cm³/mol. The van der Waals surface area contributed by atoms with Gasteiger partial charge in [0.1, 0.15) is 0 Å². The van der Waals surface area contributed by atoms with Gasteiger partial charge in [0.15, 0.2) is 0 Å². The van der Waals surface area contributed by atoms with Crippen molar-refractivity contribution < 1.29 is 0 Å². The molecule has 0 spiro atoms. The quantitative estimate of drug-likeness (QED) is 0.156. The molecule has 0 bridgehead atoms. The molecule has 1 nitrogen and oxygen atoms in total. The summed E-state index contributed by atoms with van der Waals surface area (Å²) in [6.07, 6.45) is 6.89. The minimum absolute atomic E-state index is 0.0467. The highest BCUT2D eigenvalue weighted by atomic mass is 32.1. The van der Waals surface area contributed by atoms with Crippen LogP contribution in [-0.4, -0.2) is 0 Å². The van der Waals surface area contributed by atoms with E-state index in [-0.39, 0.29) is 5.41 Å². The summed E-state index contributed by atoms with van der Waals surface area (Å²) in [5.74, 6) is 0. The lowest BCUT2D eigenvalue weighted by atomic mass is 9.81. The van der Waals surface area contributed by atoms with Gasteiger partial charge in [0.05, 0.1) is 5.69 Å². The van der Waals surface area contributed by atoms with Crippen molar-refractivity contribution in [2.45, 2.75) is 32.1 Å². The van der Waals surface area contributed by atoms with Crippen LogP contribution in [0.5, 0.6) is 0 Å². The molecule has 0 fully saturated rings. The summed E-state index contributed by atoms with van der Waals surface area (Å²) in [4.78, 5) is 3.96. The number of anilines is 3. The van der Waals surface area contributed by atoms with Crippen LogP contribution in [0.4, 0.5) is 17.1 Å². The second-order valence-electron chi connectivity index (χ2n) is 16.3. The van der Waals surface area contributed by atoms with Crippen molar-refractivity contribution in [3.05, 3.63) is 216 Å². The zero-order valence-corrected chi connectivity index (χ0v) is 34.1. The lowest BCUT2D eigenvalue weighted by Crippen LogP contribution is -2.14. The van der Waals surface area contributed by atoms with Crippen molar-refractivity contribution in [1.82, 2.24) is 0 Å². The molecule has 0 saturated heterocycles. The van der Waals surface area contributed by atoms with Crippen LogP contribution in [0.15, 0.2) is 194 Å². The average Bonchev–Trinajstić information content (AvgIpc) is 3.78. The molecule has 0 amide bonds. The Morgan fingerprint density at radius 2 is 1.05 bits per heavy atom. The van der Waals surface area contributed by atoms with Crippen molar-refractivity contribution in [1.29, 1.82) is 0 Å². The second kappa shape index (κ2) is 14.3. The Hall–Kier alpha value is -6.74. The Morgan fingerprint density at radius 3 is 1.83 bits per heavy atom. The molecule has 1 heterocycles. The van der Waals surface area contributed by atoms with Gasteiger partial charge >= 0.3 is 0 Å². The Kier molecular flexibility index (Phi) is 8.57. The smallest absolute Gasteiger partial charge is 0.0540 e. The van der Waals surface area contributed by atoms with Crippen LogP contribution in [0.1, 0.15) is 41.8 Å². The summed E-state index contributed by atoms with van der Waals surface area (Å²) in [6, 6.07) is 69.6. The van der Waals surface area contributed by atoms with E-state index in [1.165, 1.54) is 87.3 Å². The molecule has 0 saturated carbocycles. The van der Waals surface area contributed by atoms with E-state index in [1.54, 1.807) is 0 Å². The fraction of sp³-hybridized carbons (Fsp3) is 0.0877. The number of hydrogen-bond acceptors (Lipinski definition) is 2. The number of aryl methyl sites for hydroxylation is 1. The van der Waals surface area contributed by atoms with Crippen molar-refractivity contribution in [2.24, 2.45) is 0 Å². The van der Waals surface area contributed by atoms with Crippen LogP contribution in [-0.2, 0) is 11.8 Å². The first-order chi connectivity index (χ1) is 29.0. The highest BCUT2D eigenvalue weighted by Gasteiger charge is 2.35. The van der Waals surface area contributed by atoms with E-state index >= 15 is 0 Å². The van der Waals surface area contributed by atoms with Crippen LogP contribution in [0.3, 0.4) is 0 Å². The Bertz CT molecular complexity index is 3070. The Labute approximate surface area is 351 Å². The lowest BCUT2D eigenvalue weighted by molar-refractivity contribution is 0.660. The third-order valence-corrected chi connectivity index (χ3v) is 13.8. The molecule has 2 aliphatic rings. The first kappa shape index (κ1) is 35.4. The zero-order valence-electron chi connectivity index (χ0n) is 33.3. The molecule has 9 aromatic rings. The van der Waals surface area contributed by atoms with E-state index in [0.717, 1.165) is 29.9 Å². The standard InChI is InChI=1S/C57H43NS/c1-57(2)52-25-13-10-22-47(52)48-34-30-40(36-53(48)57)38-28-31-41(32-29-38)58(42-33-35-56-51(37-42)50-24-12-15-27-55(50)59-56)54-26-14-11-23-49(54)46-21-9-8-20-45(46)44-19-7-6-18-43(44)39-16-4-3-5-17-39/h3-14,16-26,28-37H,15,27H2,1-2H3. The van der Waals surface area contributed by atoms with E-state index in [2.05, 4.69) is 219 Å². The van der Waals surface area contributed by atoms with E-state index in [4.69, 9.17) is 0 Å². The molecular formula is C57H43NS. The number of thiophene rings is 1. The first-order valence-corrected chi connectivity index (χ1v) is 21.5. The molecule has 282 valence electrons. The molecular weight excluding hydrogens is 731 g/mol. The maximum Gasteiger partial charge on any atom is 0.0540 e. The molecule has 8 aromatic carbocycles. The van der Waals surface area contributed by atoms with Crippen LogP contribution >= 0.6 is 11.3 Å². The summed E-state index contributed by atoms with van der Waals surface area (Å²) in [6.45, 7) is 4.71. The maximum atomic E-state index is 2.47. The molecule has 0 aliphatic heterocycles. The molecule has 0 atom stereocenters. The minimum Gasteiger partial charge on any atom is -0.310 e. The number of fused-ring (bicyclic) bond motifs is 6. The van der Waals surface area contributed by atoms with E-state index in [1.807, 2.05) is 11.3 Å². The van der Waals surface area contributed by atoms with Gasteiger partial charge in [-0.2, -0.15) is 0 Å². The van der Waals surface area contributed by atoms with Crippen LogP contribution < -0.4 is 4.90 Å². The monoisotopic (exact) mass is 773 g/mol. The van der Waals surface area contributed by atoms with Gasteiger partial charge in [-0.3, -0.25) is 0 Å². The fourth-order valence-electron chi connectivity index (χ4n) is 9.63. The number of hydrogen-bond donors (Lipinski definition) is 0. The SMILES string of the molecule is CC1(C)c2ccccc2-c2ccc(-c3ccc(N(c4ccc5sc6c(c5c4)C=CCC6)c4ccccc4-c4ccccc4-c4ccccc4-c4ccccc4)cc3)cc21. The van der Waals surface area contributed by atoms with Crippen molar-refractivity contribution in [3.63, 3.8) is 0 Å². The summed E-state index contributed by atoms with van der Waals surface area (Å²) < 4.78 is 1.35. The summed E-state index contributed by atoms with van der Waals surface area (Å²) >= 11 is 1.94. The summed E-state index contributed by atoms with van der Waals surface area (Å²) in [5.41, 5.74) is 20.0. The van der Waals surface area contributed by atoms with Crippen LogP contribution in [0.25, 0.3) is 71.8 Å². The maximum absolute atomic E-state index is 2.47. The van der Waals surface area contributed by atoms with Crippen molar-refractivity contribution in [3.8, 4) is 55.6 Å². The highest BCUT2D eigenvalue weighted by molar-refractivity contribution is 7.19. The summed E-state index contributed by atoms with van der Waals surface area (Å²) in [7, 11) is 0. The van der Waals surface area contributed by atoms with Gasteiger partial charge in [-0.1, -0.05) is 172 Å². The first-order valence-electron chi connectivity index (χ1n) is 20.7. The largest absolute Gasteiger partial charge is 0.310 e. The third kappa shape index (κ3) is 5.98. The highest BCUT2D eigenvalue weighted by Crippen LogP contribution is 2.50. The zero-order chi connectivity index (χ0) is 39.5. The lowest BCUT2D eigenvalue weighted by Gasteiger charge is -2.29. The molecule has 2 heteroatoms. The molecule has 0 radical (unpaired) electrons. The van der Waals surface area contributed by atoms with Crippen molar-refractivity contribution in [2.75, 3.05) is 4.90 Å². The van der Waals surface area contributed by atoms with Gasteiger partial charge < -0.3 is 4.90 Å².